The average Bonchev–Trinajstić information content (AvgIpc) is 2.69. The quantitative estimate of drug-likeness (QED) is 0.774. The molecule has 0 spiro atoms. The van der Waals surface area contributed by atoms with Crippen LogP contribution in [0.25, 0.3) is 0 Å². The van der Waals surface area contributed by atoms with Crippen molar-refractivity contribution >= 4 is 5.91 Å². The lowest BCUT2D eigenvalue weighted by atomic mass is 10.1. The largest absolute Gasteiger partial charge is 0.345 e. The molecule has 2 aromatic rings. The number of nitrogens with zero attached hydrogens (tertiary/aromatic N) is 1. The van der Waals surface area contributed by atoms with Gasteiger partial charge in [0.25, 0.3) is 5.91 Å². The fraction of sp³-hybridized carbons (Fsp3) is 0.308. The molecule has 1 atom stereocenters. The van der Waals surface area contributed by atoms with E-state index in [2.05, 4.69) is 20.5 Å². The molecular weight excluding hydrogens is 244 g/mol. The van der Waals surface area contributed by atoms with E-state index in [0.29, 0.717) is 5.56 Å². The summed E-state index contributed by atoms with van der Waals surface area (Å²) in [5, 5.41) is 9.87. The highest BCUT2D eigenvalue weighted by atomic mass is 16.2. The first-order valence-electron chi connectivity index (χ1n) is 6.00. The van der Waals surface area contributed by atoms with Crippen LogP contribution in [-0.4, -0.2) is 21.1 Å². The molecular formula is C13H16N4O2. The summed E-state index contributed by atoms with van der Waals surface area (Å²) in [7, 11) is 0. The molecule has 0 radical (unpaired) electrons. The summed E-state index contributed by atoms with van der Waals surface area (Å²) < 4.78 is 0. The smallest absolute Gasteiger partial charge is 0.253 e. The van der Waals surface area contributed by atoms with Crippen molar-refractivity contribution in [3.8, 4) is 0 Å². The minimum Gasteiger partial charge on any atom is -0.345 e. The lowest BCUT2D eigenvalue weighted by Crippen LogP contribution is -2.27. The summed E-state index contributed by atoms with van der Waals surface area (Å²) in [6, 6.07) is 2.67. The Labute approximate surface area is 110 Å². The fourth-order valence-electron chi connectivity index (χ4n) is 2.10. The summed E-state index contributed by atoms with van der Waals surface area (Å²) in [4.78, 5) is 25.4. The monoisotopic (exact) mass is 260 g/mol. The molecule has 1 amide bonds. The molecule has 0 saturated carbocycles. The van der Waals surface area contributed by atoms with Gasteiger partial charge in [0.15, 0.2) is 0 Å². The number of amides is 1. The number of H-pyrrole nitrogens is 2. The number of carbonyl (C=O) groups is 1. The van der Waals surface area contributed by atoms with Crippen molar-refractivity contribution in [2.75, 3.05) is 0 Å². The number of nitrogens with one attached hydrogen (secondary N) is 3. The Kier molecular flexibility index (Phi) is 3.50. The minimum absolute atomic E-state index is 0.154. The lowest BCUT2D eigenvalue weighted by molar-refractivity contribution is 0.0939. The van der Waals surface area contributed by atoms with Crippen LogP contribution in [0.3, 0.4) is 0 Å². The van der Waals surface area contributed by atoms with Crippen LogP contribution in [0.5, 0.6) is 0 Å². The van der Waals surface area contributed by atoms with E-state index in [9.17, 15) is 9.59 Å². The molecule has 0 aliphatic rings. The number of carbonyl (C=O) groups excluding carboxylic acids is 1. The van der Waals surface area contributed by atoms with Crippen molar-refractivity contribution in [1.29, 1.82) is 0 Å². The zero-order valence-electron chi connectivity index (χ0n) is 11.1. The third kappa shape index (κ3) is 2.73. The molecule has 0 aliphatic heterocycles. The van der Waals surface area contributed by atoms with Gasteiger partial charge in [0.1, 0.15) is 0 Å². The number of pyridine rings is 1. The van der Waals surface area contributed by atoms with E-state index in [0.717, 1.165) is 17.0 Å². The Hall–Kier alpha value is -2.37. The van der Waals surface area contributed by atoms with Gasteiger partial charge < -0.3 is 10.3 Å². The molecule has 2 heterocycles. The van der Waals surface area contributed by atoms with Crippen LogP contribution in [0.2, 0.25) is 0 Å². The Morgan fingerprint density at radius 3 is 2.63 bits per heavy atom. The Balaban J connectivity index is 2.15. The third-order valence-corrected chi connectivity index (χ3v) is 3.01. The SMILES string of the molecule is Cc1n[nH]c(C)c1[C@H](C)NC(=O)c1ccc(=O)[nH]c1. The van der Waals surface area contributed by atoms with Gasteiger partial charge in [0.05, 0.1) is 17.3 Å². The van der Waals surface area contributed by atoms with Gasteiger partial charge in [0, 0.05) is 23.5 Å². The predicted molar refractivity (Wildman–Crippen MR) is 71.0 cm³/mol. The van der Waals surface area contributed by atoms with Crippen molar-refractivity contribution < 1.29 is 4.79 Å². The van der Waals surface area contributed by atoms with Crippen molar-refractivity contribution in [3.63, 3.8) is 0 Å². The van der Waals surface area contributed by atoms with Crippen LogP contribution in [0, 0.1) is 13.8 Å². The van der Waals surface area contributed by atoms with E-state index < -0.39 is 0 Å². The van der Waals surface area contributed by atoms with Crippen LogP contribution >= 0.6 is 0 Å². The maximum Gasteiger partial charge on any atom is 0.253 e. The standard InChI is InChI=1S/C13H16N4O2/c1-7(12-8(2)16-17-9(12)3)15-13(19)10-4-5-11(18)14-6-10/h4-7H,1-3H3,(H,14,18)(H,15,19)(H,16,17)/t7-/m0/s1. The topological polar surface area (TPSA) is 90.6 Å². The van der Waals surface area contributed by atoms with Gasteiger partial charge in [-0.1, -0.05) is 0 Å². The van der Waals surface area contributed by atoms with E-state index in [1.54, 1.807) is 0 Å². The molecule has 0 unspecified atom stereocenters. The van der Waals surface area contributed by atoms with Gasteiger partial charge in [-0.15, -0.1) is 0 Å². The second kappa shape index (κ2) is 5.09. The molecule has 6 nitrogen and oxygen atoms in total. The Morgan fingerprint density at radius 1 is 1.37 bits per heavy atom. The van der Waals surface area contributed by atoms with Gasteiger partial charge in [-0.05, 0) is 26.8 Å². The van der Waals surface area contributed by atoms with E-state index in [1.165, 1.54) is 18.3 Å². The number of rotatable bonds is 3. The van der Waals surface area contributed by atoms with Crippen molar-refractivity contribution in [2.24, 2.45) is 0 Å². The third-order valence-electron chi connectivity index (χ3n) is 3.01. The summed E-state index contributed by atoms with van der Waals surface area (Å²) in [5.41, 5.74) is 2.98. The maximum atomic E-state index is 12.0. The Morgan fingerprint density at radius 2 is 2.11 bits per heavy atom. The lowest BCUT2D eigenvalue weighted by Gasteiger charge is -2.14. The van der Waals surface area contributed by atoms with Gasteiger partial charge in [-0.25, -0.2) is 0 Å². The van der Waals surface area contributed by atoms with E-state index >= 15 is 0 Å². The van der Waals surface area contributed by atoms with Crippen LogP contribution in [-0.2, 0) is 0 Å². The van der Waals surface area contributed by atoms with E-state index in [4.69, 9.17) is 0 Å². The molecule has 3 N–H and O–H groups in total. The average molecular weight is 260 g/mol. The summed E-state index contributed by atoms with van der Waals surface area (Å²) in [5.74, 6) is -0.233. The van der Waals surface area contributed by atoms with Crippen LogP contribution in [0.15, 0.2) is 23.1 Å². The van der Waals surface area contributed by atoms with Crippen LogP contribution in [0.4, 0.5) is 0 Å². The molecule has 0 fully saturated rings. The number of hydrogen-bond donors (Lipinski definition) is 3. The highest BCUT2D eigenvalue weighted by Gasteiger charge is 2.17. The normalized spacial score (nSPS) is 12.2. The molecule has 0 aliphatic carbocycles. The molecule has 6 heteroatoms. The van der Waals surface area contributed by atoms with Gasteiger partial charge in [0.2, 0.25) is 5.56 Å². The number of aromatic nitrogens is 3. The zero-order chi connectivity index (χ0) is 14.0. The van der Waals surface area contributed by atoms with Crippen LogP contribution in [0.1, 0.15) is 40.3 Å². The molecule has 2 aromatic heterocycles. The second-order valence-electron chi connectivity index (χ2n) is 4.48. The zero-order valence-corrected chi connectivity index (χ0v) is 11.1. The first kappa shape index (κ1) is 13.1. The van der Waals surface area contributed by atoms with Gasteiger partial charge >= 0.3 is 0 Å². The minimum atomic E-state index is -0.233. The maximum absolute atomic E-state index is 12.0. The van der Waals surface area contributed by atoms with Crippen molar-refractivity contribution in [1.82, 2.24) is 20.5 Å². The van der Waals surface area contributed by atoms with Crippen LogP contribution < -0.4 is 10.9 Å². The highest BCUT2D eigenvalue weighted by Crippen LogP contribution is 2.19. The summed E-state index contributed by atoms with van der Waals surface area (Å²) >= 11 is 0. The molecule has 2 rings (SSSR count). The summed E-state index contributed by atoms with van der Waals surface area (Å²) in [6.07, 6.45) is 1.40. The first-order chi connectivity index (χ1) is 8.99. The number of hydrogen-bond acceptors (Lipinski definition) is 3. The van der Waals surface area contributed by atoms with Crippen molar-refractivity contribution in [3.05, 3.63) is 51.2 Å². The molecule has 0 bridgehead atoms. The van der Waals surface area contributed by atoms with E-state index in [1.807, 2.05) is 20.8 Å². The number of aryl methyl sites for hydroxylation is 2. The first-order valence-corrected chi connectivity index (χ1v) is 6.00. The highest BCUT2D eigenvalue weighted by molar-refractivity contribution is 5.94. The van der Waals surface area contributed by atoms with Gasteiger partial charge in [-0.3, -0.25) is 14.7 Å². The predicted octanol–water partition coefficient (Wildman–Crippen LogP) is 1.21. The van der Waals surface area contributed by atoms with E-state index in [-0.39, 0.29) is 17.5 Å². The Bertz CT molecular complexity index is 617. The molecule has 19 heavy (non-hydrogen) atoms. The fourth-order valence-corrected chi connectivity index (χ4v) is 2.10. The van der Waals surface area contributed by atoms with Crippen molar-refractivity contribution in [2.45, 2.75) is 26.8 Å². The molecule has 0 aromatic carbocycles. The summed E-state index contributed by atoms with van der Waals surface area (Å²) in [6.45, 7) is 5.70. The second-order valence-corrected chi connectivity index (χ2v) is 4.48. The number of aromatic amines is 2. The van der Waals surface area contributed by atoms with Gasteiger partial charge in [-0.2, -0.15) is 5.10 Å². The molecule has 0 saturated heterocycles. The molecule has 100 valence electrons.